The zero-order valence-electron chi connectivity index (χ0n) is 15.0. The van der Waals surface area contributed by atoms with Gasteiger partial charge in [-0.2, -0.15) is 0 Å². The Bertz CT molecular complexity index is 1080. The average molecular weight is 344 g/mol. The Labute approximate surface area is 152 Å². The number of anilines is 1. The van der Waals surface area contributed by atoms with E-state index in [2.05, 4.69) is 41.3 Å². The first-order valence-electron chi connectivity index (χ1n) is 8.62. The maximum absolute atomic E-state index is 5.43. The van der Waals surface area contributed by atoms with E-state index in [4.69, 9.17) is 9.72 Å². The molecule has 0 aliphatic rings. The summed E-state index contributed by atoms with van der Waals surface area (Å²) in [7, 11) is 1.67. The van der Waals surface area contributed by atoms with Crippen LogP contribution in [-0.2, 0) is 0 Å². The fourth-order valence-corrected chi connectivity index (χ4v) is 3.10. The van der Waals surface area contributed by atoms with Crippen LogP contribution in [0.25, 0.3) is 33.1 Å². The van der Waals surface area contributed by atoms with Gasteiger partial charge in [0.1, 0.15) is 23.1 Å². The molecule has 0 radical (unpaired) electrons. The van der Waals surface area contributed by atoms with Crippen molar-refractivity contribution in [2.45, 2.75) is 19.9 Å². The topological polar surface area (TPSA) is 59.9 Å². The number of hydrogen-bond donors (Lipinski definition) is 1. The molecule has 130 valence electrons. The Morgan fingerprint density at radius 1 is 0.923 bits per heavy atom. The molecule has 0 unspecified atom stereocenters. The molecule has 4 rings (SSSR count). The fourth-order valence-electron chi connectivity index (χ4n) is 3.10. The quantitative estimate of drug-likeness (QED) is 0.545. The molecule has 0 saturated heterocycles. The van der Waals surface area contributed by atoms with Crippen LogP contribution in [0.5, 0.6) is 5.75 Å². The normalized spacial score (nSPS) is 11.2. The van der Waals surface area contributed by atoms with Crippen LogP contribution < -0.4 is 10.1 Å². The Morgan fingerprint density at radius 2 is 1.73 bits per heavy atom. The van der Waals surface area contributed by atoms with Crippen molar-refractivity contribution in [3.8, 4) is 17.0 Å². The lowest BCUT2D eigenvalue weighted by Gasteiger charge is -2.14. The molecular formula is C21H20N4O. The van der Waals surface area contributed by atoms with Crippen LogP contribution in [0.3, 0.4) is 0 Å². The Hall–Kier alpha value is -3.21. The number of rotatable bonds is 4. The van der Waals surface area contributed by atoms with Gasteiger partial charge in [0, 0.05) is 22.4 Å². The molecule has 0 bridgehead atoms. The average Bonchev–Trinajstić information content (AvgIpc) is 2.67. The molecule has 26 heavy (non-hydrogen) atoms. The van der Waals surface area contributed by atoms with Gasteiger partial charge in [-0.25, -0.2) is 15.0 Å². The van der Waals surface area contributed by atoms with E-state index < -0.39 is 0 Å². The highest BCUT2D eigenvalue weighted by molar-refractivity contribution is 6.11. The summed E-state index contributed by atoms with van der Waals surface area (Å²) in [5.74, 6) is 1.55. The van der Waals surface area contributed by atoms with Crippen LogP contribution in [0.2, 0.25) is 0 Å². The van der Waals surface area contributed by atoms with Crippen LogP contribution in [0.1, 0.15) is 13.8 Å². The number of pyridine rings is 1. The minimum atomic E-state index is 0.252. The number of fused-ring (bicyclic) bond motifs is 3. The number of aromatic nitrogens is 3. The highest BCUT2D eigenvalue weighted by Gasteiger charge is 2.15. The van der Waals surface area contributed by atoms with Crippen LogP contribution in [0, 0.1) is 0 Å². The highest BCUT2D eigenvalue weighted by Crippen LogP contribution is 2.35. The molecule has 0 aliphatic heterocycles. The van der Waals surface area contributed by atoms with E-state index in [1.165, 1.54) is 0 Å². The van der Waals surface area contributed by atoms with Crippen molar-refractivity contribution < 1.29 is 4.74 Å². The number of nitrogens with zero attached hydrogens (tertiary/aromatic N) is 3. The Kier molecular flexibility index (Phi) is 4.13. The van der Waals surface area contributed by atoms with Gasteiger partial charge in [-0.1, -0.05) is 30.3 Å². The van der Waals surface area contributed by atoms with Crippen molar-refractivity contribution in [2.24, 2.45) is 0 Å². The van der Waals surface area contributed by atoms with Gasteiger partial charge in [0.05, 0.1) is 12.8 Å². The third-order valence-electron chi connectivity index (χ3n) is 4.26. The lowest BCUT2D eigenvalue weighted by molar-refractivity contribution is 0.415. The predicted molar refractivity (Wildman–Crippen MR) is 106 cm³/mol. The summed E-state index contributed by atoms with van der Waals surface area (Å²) in [6.07, 6.45) is 1.58. The van der Waals surface area contributed by atoms with Gasteiger partial charge in [0.15, 0.2) is 5.82 Å². The molecule has 1 N–H and O–H groups in total. The second-order valence-corrected chi connectivity index (χ2v) is 6.46. The first kappa shape index (κ1) is 16.3. The minimum Gasteiger partial charge on any atom is -0.497 e. The second-order valence-electron chi connectivity index (χ2n) is 6.46. The maximum atomic E-state index is 5.43. The van der Waals surface area contributed by atoms with Crippen molar-refractivity contribution in [1.29, 1.82) is 0 Å². The van der Waals surface area contributed by atoms with Crippen LogP contribution in [0.15, 0.2) is 54.9 Å². The summed E-state index contributed by atoms with van der Waals surface area (Å²) in [4.78, 5) is 13.9. The van der Waals surface area contributed by atoms with Gasteiger partial charge >= 0.3 is 0 Å². The third kappa shape index (κ3) is 2.81. The molecule has 2 aromatic heterocycles. The largest absolute Gasteiger partial charge is 0.497 e. The second kappa shape index (κ2) is 6.59. The van der Waals surface area contributed by atoms with Gasteiger partial charge in [-0.15, -0.1) is 0 Å². The van der Waals surface area contributed by atoms with Gasteiger partial charge in [0.25, 0.3) is 0 Å². The number of methoxy groups -OCH3 is 1. The van der Waals surface area contributed by atoms with Crippen LogP contribution in [-0.4, -0.2) is 28.1 Å². The van der Waals surface area contributed by atoms with E-state index in [-0.39, 0.29) is 6.04 Å². The standard InChI is InChI=1S/C21H20N4O/c1-13(2)24-21-20-19(22-12-23-21)16-10-9-15(26-3)11-17(16)18(25-20)14-7-5-4-6-8-14/h4-13H,1-3H3,(H,22,23,24). The van der Waals surface area contributed by atoms with Crippen molar-refractivity contribution >= 4 is 27.6 Å². The zero-order chi connectivity index (χ0) is 18.1. The molecule has 4 aromatic rings. The summed E-state index contributed by atoms with van der Waals surface area (Å²) >= 11 is 0. The third-order valence-corrected chi connectivity index (χ3v) is 4.26. The lowest BCUT2D eigenvalue weighted by atomic mass is 10.0. The fraction of sp³-hybridized carbons (Fsp3) is 0.190. The van der Waals surface area contributed by atoms with Crippen molar-refractivity contribution in [3.63, 3.8) is 0 Å². The number of hydrogen-bond acceptors (Lipinski definition) is 5. The maximum Gasteiger partial charge on any atom is 0.156 e. The summed E-state index contributed by atoms with van der Waals surface area (Å²) < 4.78 is 5.43. The summed E-state index contributed by atoms with van der Waals surface area (Å²) in [6.45, 7) is 4.16. The highest BCUT2D eigenvalue weighted by atomic mass is 16.5. The van der Waals surface area contributed by atoms with Crippen LogP contribution in [0.4, 0.5) is 5.82 Å². The number of benzene rings is 2. The minimum absolute atomic E-state index is 0.252. The monoisotopic (exact) mass is 344 g/mol. The summed E-state index contributed by atoms with van der Waals surface area (Å²) in [6, 6.07) is 16.4. The van der Waals surface area contributed by atoms with Crippen LogP contribution >= 0.6 is 0 Å². The summed E-state index contributed by atoms with van der Waals surface area (Å²) in [5.41, 5.74) is 3.55. The zero-order valence-corrected chi connectivity index (χ0v) is 15.0. The molecular weight excluding hydrogens is 324 g/mol. The van der Waals surface area contributed by atoms with Crippen molar-refractivity contribution in [1.82, 2.24) is 15.0 Å². The molecule has 5 nitrogen and oxygen atoms in total. The first-order chi connectivity index (χ1) is 12.7. The lowest BCUT2D eigenvalue weighted by Crippen LogP contribution is -2.12. The van der Waals surface area contributed by atoms with Crippen molar-refractivity contribution in [2.75, 3.05) is 12.4 Å². The first-order valence-corrected chi connectivity index (χ1v) is 8.62. The number of ether oxygens (including phenoxy) is 1. The molecule has 0 spiro atoms. The molecule has 2 heterocycles. The molecule has 0 saturated carbocycles. The van der Waals surface area contributed by atoms with Gasteiger partial charge in [-0.3, -0.25) is 0 Å². The molecule has 0 atom stereocenters. The van der Waals surface area contributed by atoms with Gasteiger partial charge in [-0.05, 0) is 32.0 Å². The summed E-state index contributed by atoms with van der Waals surface area (Å²) in [5, 5.41) is 5.42. The van der Waals surface area contributed by atoms with E-state index in [9.17, 15) is 0 Å². The van der Waals surface area contributed by atoms with E-state index in [1.54, 1.807) is 13.4 Å². The smallest absolute Gasteiger partial charge is 0.156 e. The van der Waals surface area contributed by atoms with Gasteiger partial charge in [0.2, 0.25) is 0 Å². The molecule has 2 aromatic carbocycles. The molecule has 0 amide bonds. The number of nitrogens with one attached hydrogen (secondary N) is 1. The van der Waals surface area contributed by atoms with Gasteiger partial charge < -0.3 is 10.1 Å². The Morgan fingerprint density at radius 3 is 2.46 bits per heavy atom. The van der Waals surface area contributed by atoms with E-state index in [0.717, 1.165) is 44.6 Å². The SMILES string of the molecule is COc1ccc2c(c1)c(-c1ccccc1)nc1c(NC(C)C)ncnc12. The van der Waals surface area contributed by atoms with E-state index in [0.29, 0.717) is 0 Å². The van der Waals surface area contributed by atoms with E-state index in [1.807, 2.05) is 36.4 Å². The van der Waals surface area contributed by atoms with E-state index >= 15 is 0 Å². The molecule has 5 heteroatoms. The predicted octanol–water partition coefficient (Wildman–Crippen LogP) is 4.67. The molecule has 0 aliphatic carbocycles. The van der Waals surface area contributed by atoms with Crippen molar-refractivity contribution in [3.05, 3.63) is 54.9 Å². The molecule has 0 fully saturated rings. The Balaban J connectivity index is 2.11.